The van der Waals surface area contributed by atoms with E-state index in [1.165, 1.54) is 0 Å². The maximum atomic E-state index is 12.2. The van der Waals surface area contributed by atoms with E-state index in [0.717, 1.165) is 41.6 Å². The van der Waals surface area contributed by atoms with Crippen molar-refractivity contribution < 1.29 is 17.6 Å². The van der Waals surface area contributed by atoms with Gasteiger partial charge in [-0.3, -0.25) is 4.99 Å². The number of benzene rings is 1. The SMILES string of the molecule is CN=C(NCCS(=O)(=O)NCC1CCCCO1)NCc1oc2ccccc2c1C. The summed E-state index contributed by atoms with van der Waals surface area (Å²) in [5.41, 5.74) is 1.93. The maximum Gasteiger partial charge on any atom is 0.213 e. The summed E-state index contributed by atoms with van der Waals surface area (Å²) in [5.74, 6) is 1.32. The molecule has 3 rings (SSSR count). The lowest BCUT2D eigenvalue weighted by Crippen LogP contribution is -2.42. The van der Waals surface area contributed by atoms with Gasteiger partial charge in [0.15, 0.2) is 5.96 Å². The third-order valence-corrected chi connectivity index (χ3v) is 6.40. The van der Waals surface area contributed by atoms with Gasteiger partial charge in [-0.05, 0) is 32.3 Å². The highest BCUT2D eigenvalue weighted by Gasteiger charge is 2.17. The predicted octanol–water partition coefficient (Wildman–Crippen LogP) is 1.89. The van der Waals surface area contributed by atoms with E-state index in [0.29, 0.717) is 25.7 Å². The number of guanidine groups is 1. The van der Waals surface area contributed by atoms with Gasteiger partial charge in [0.25, 0.3) is 0 Å². The fourth-order valence-corrected chi connectivity index (χ4v) is 4.30. The number of fused-ring (bicyclic) bond motifs is 1. The molecule has 9 heteroatoms. The summed E-state index contributed by atoms with van der Waals surface area (Å²) in [6.45, 7) is 3.78. The fraction of sp³-hybridized carbons (Fsp3) is 0.550. The zero-order valence-corrected chi connectivity index (χ0v) is 17.8. The summed E-state index contributed by atoms with van der Waals surface area (Å²) in [7, 11) is -1.72. The molecule has 1 aromatic carbocycles. The Morgan fingerprint density at radius 3 is 2.79 bits per heavy atom. The molecule has 29 heavy (non-hydrogen) atoms. The highest BCUT2D eigenvalue weighted by Crippen LogP contribution is 2.24. The molecule has 0 amide bonds. The number of hydrogen-bond acceptors (Lipinski definition) is 5. The molecule has 0 radical (unpaired) electrons. The normalized spacial score (nSPS) is 18.1. The highest BCUT2D eigenvalue weighted by atomic mass is 32.2. The van der Waals surface area contributed by atoms with Crippen molar-refractivity contribution in [3.63, 3.8) is 0 Å². The second-order valence-corrected chi connectivity index (χ2v) is 9.08. The Morgan fingerprint density at radius 2 is 2.07 bits per heavy atom. The lowest BCUT2D eigenvalue weighted by molar-refractivity contribution is 0.0200. The Labute approximate surface area is 172 Å². The van der Waals surface area contributed by atoms with Crippen molar-refractivity contribution in [1.29, 1.82) is 0 Å². The topological polar surface area (TPSA) is 105 Å². The van der Waals surface area contributed by atoms with Crippen molar-refractivity contribution in [3.05, 3.63) is 35.6 Å². The van der Waals surface area contributed by atoms with Crippen molar-refractivity contribution in [1.82, 2.24) is 15.4 Å². The number of hydrogen-bond donors (Lipinski definition) is 3. The first-order valence-electron chi connectivity index (χ1n) is 9.99. The van der Waals surface area contributed by atoms with Crippen molar-refractivity contribution in [2.45, 2.75) is 38.8 Å². The van der Waals surface area contributed by atoms with Gasteiger partial charge in [-0.25, -0.2) is 13.1 Å². The number of nitrogens with one attached hydrogen (secondary N) is 3. The Bertz CT molecular complexity index is 933. The van der Waals surface area contributed by atoms with Gasteiger partial charge < -0.3 is 19.8 Å². The molecule has 1 aromatic heterocycles. The largest absolute Gasteiger partial charge is 0.459 e. The molecule has 2 aromatic rings. The average molecular weight is 423 g/mol. The van der Waals surface area contributed by atoms with E-state index < -0.39 is 10.0 Å². The predicted molar refractivity (Wildman–Crippen MR) is 115 cm³/mol. The first kappa shape index (κ1) is 21.6. The maximum absolute atomic E-state index is 12.2. The number of nitrogens with zero attached hydrogens (tertiary/aromatic N) is 1. The van der Waals surface area contributed by atoms with Gasteiger partial charge >= 0.3 is 0 Å². The third-order valence-electron chi connectivity index (χ3n) is 5.05. The van der Waals surface area contributed by atoms with E-state index in [-0.39, 0.29) is 18.4 Å². The number of para-hydroxylation sites is 1. The van der Waals surface area contributed by atoms with Crippen LogP contribution >= 0.6 is 0 Å². The molecule has 1 aliphatic rings. The van der Waals surface area contributed by atoms with Gasteiger partial charge in [-0.15, -0.1) is 0 Å². The molecule has 1 aliphatic heterocycles. The fourth-order valence-electron chi connectivity index (χ4n) is 3.34. The molecule has 160 valence electrons. The van der Waals surface area contributed by atoms with Crippen LogP contribution in [0.25, 0.3) is 11.0 Å². The van der Waals surface area contributed by atoms with E-state index in [4.69, 9.17) is 9.15 Å². The van der Waals surface area contributed by atoms with E-state index in [2.05, 4.69) is 20.3 Å². The Balaban J connectivity index is 1.43. The smallest absolute Gasteiger partial charge is 0.213 e. The molecule has 0 bridgehead atoms. The minimum atomic E-state index is -3.37. The van der Waals surface area contributed by atoms with Crippen molar-refractivity contribution >= 4 is 27.0 Å². The van der Waals surface area contributed by atoms with Crippen LogP contribution in [-0.2, 0) is 21.3 Å². The molecule has 3 N–H and O–H groups in total. The van der Waals surface area contributed by atoms with Crippen molar-refractivity contribution in [3.8, 4) is 0 Å². The molecule has 0 aliphatic carbocycles. The van der Waals surface area contributed by atoms with Gasteiger partial charge in [-0.1, -0.05) is 18.2 Å². The van der Waals surface area contributed by atoms with Gasteiger partial charge in [0.2, 0.25) is 10.0 Å². The van der Waals surface area contributed by atoms with E-state index in [1.54, 1.807) is 7.05 Å². The molecule has 1 fully saturated rings. The molecular weight excluding hydrogens is 392 g/mol. The standard InChI is InChI=1S/C20H30N4O4S/c1-15-17-8-3-4-9-18(17)28-19(15)14-23-20(21-2)22-10-12-29(25,26)24-13-16-7-5-6-11-27-16/h3-4,8-9,16,24H,5-7,10-14H2,1-2H3,(H2,21,22,23). The number of ether oxygens (including phenoxy) is 1. The number of furan rings is 1. The van der Waals surface area contributed by atoms with Gasteiger partial charge in [0, 0.05) is 37.7 Å². The van der Waals surface area contributed by atoms with E-state index >= 15 is 0 Å². The van der Waals surface area contributed by atoms with Gasteiger partial charge in [0.05, 0.1) is 18.4 Å². The Kier molecular flexibility index (Phi) is 7.51. The molecule has 0 spiro atoms. The quantitative estimate of drug-likeness (QED) is 0.443. The Morgan fingerprint density at radius 1 is 1.24 bits per heavy atom. The summed E-state index contributed by atoms with van der Waals surface area (Å²) in [6.07, 6.45) is 3.01. The first-order chi connectivity index (χ1) is 14.0. The second-order valence-electron chi connectivity index (χ2n) is 7.15. The lowest BCUT2D eigenvalue weighted by Gasteiger charge is -2.22. The minimum Gasteiger partial charge on any atom is -0.459 e. The van der Waals surface area contributed by atoms with Crippen molar-refractivity contribution in [2.75, 3.05) is 32.5 Å². The number of aliphatic imine (C=N–C) groups is 1. The average Bonchev–Trinajstić information content (AvgIpc) is 3.06. The van der Waals surface area contributed by atoms with E-state index in [1.807, 2.05) is 31.2 Å². The van der Waals surface area contributed by atoms with Crippen LogP contribution in [0.2, 0.25) is 0 Å². The van der Waals surface area contributed by atoms with Crippen LogP contribution in [0.4, 0.5) is 0 Å². The van der Waals surface area contributed by atoms with E-state index in [9.17, 15) is 8.42 Å². The summed E-state index contributed by atoms with van der Waals surface area (Å²) < 4.78 is 38.4. The molecular formula is C20H30N4O4S. The molecule has 0 saturated carbocycles. The summed E-state index contributed by atoms with van der Waals surface area (Å²) >= 11 is 0. The van der Waals surface area contributed by atoms with Crippen LogP contribution in [-0.4, -0.2) is 53.0 Å². The summed E-state index contributed by atoms with van der Waals surface area (Å²) in [5, 5.41) is 7.29. The molecule has 1 unspecified atom stereocenters. The molecule has 2 heterocycles. The van der Waals surface area contributed by atoms with Crippen LogP contribution in [0, 0.1) is 6.92 Å². The van der Waals surface area contributed by atoms with Crippen LogP contribution in [0.1, 0.15) is 30.6 Å². The second kappa shape index (κ2) is 10.1. The zero-order valence-electron chi connectivity index (χ0n) is 17.0. The van der Waals surface area contributed by atoms with Crippen LogP contribution < -0.4 is 15.4 Å². The van der Waals surface area contributed by atoms with Crippen molar-refractivity contribution in [2.24, 2.45) is 4.99 Å². The van der Waals surface area contributed by atoms with Gasteiger partial charge in [-0.2, -0.15) is 0 Å². The first-order valence-corrected chi connectivity index (χ1v) is 11.6. The third kappa shape index (κ3) is 6.19. The minimum absolute atomic E-state index is 0.0204. The zero-order chi connectivity index (χ0) is 20.7. The Hall–Kier alpha value is -2.10. The number of aryl methyl sites for hydroxylation is 1. The molecule has 8 nitrogen and oxygen atoms in total. The van der Waals surface area contributed by atoms with Crippen LogP contribution in [0.15, 0.2) is 33.7 Å². The summed E-state index contributed by atoms with van der Waals surface area (Å²) in [4.78, 5) is 4.14. The summed E-state index contributed by atoms with van der Waals surface area (Å²) in [6, 6.07) is 7.89. The lowest BCUT2D eigenvalue weighted by atomic mass is 10.1. The number of sulfonamides is 1. The molecule has 1 saturated heterocycles. The molecule has 1 atom stereocenters. The van der Waals surface area contributed by atoms with Gasteiger partial charge in [0.1, 0.15) is 11.3 Å². The monoisotopic (exact) mass is 422 g/mol. The van der Waals surface area contributed by atoms with Crippen LogP contribution in [0.3, 0.4) is 0 Å². The number of rotatable bonds is 8. The highest BCUT2D eigenvalue weighted by molar-refractivity contribution is 7.89. The van der Waals surface area contributed by atoms with Crippen LogP contribution in [0.5, 0.6) is 0 Å².